The molecule has 0 saturated heterocycles. The van der Waals surface area contributed by atoms with Crippen LogP contribution in [0.3, 0.4) is 0 Å². The van der Waals surface area contributed by atoms with Crippen molar-refractivity contribution in [3.8, 4) is 0 Å². The topological polar surface area (TPSA) is 151 Å². The van der Waals surface area contributed by atoms with E-state index in [1.165, 1.54) is 17.0 Å². The first kappa shape index (κ1) is 30.7. The van der Waals surface area contributed by atoms with Crippen molar-refractivity contribution in [3.63, 3.8) is 0 Å². The molecule has 5 rings (SSSR count). The van der Waals surface area contributed by atoms with Gasteiger partial charge >= 0.3 is 24.0 Å². The highest BCUT2D eigenvalue weighted by atomic mass is 35.5. The molecule has 1 amide bonds. The number of benzene rings is 1. The van der Waals surface area contributed by atoms with Gasteiger partial charge < -0.3 is 14.6 Å². The average Bonchev–Trinajstić information content (AvgIpc) is 3.47. The molecule has 12 nitrogen and oxygen atoms in total. The van der Waals surface area contributed by atoms with E-state index in [1.54, 1.807) is 0 Å². The summed E-state index contributed by atoms with van der Waals surface area (Å²) < 4.78 is 87.4. The largest absolute Gasteiger partial charge is 0.490 e. The van der Waals surface area contributed by atoms with Crippen LogP contribution >= 0.6 is 23.2 Å². The van der Waals surface area contributed by atoms with Crippen molar-refractivity contribution in [2.24, 2.45) is 0 Å². The molecule has 42 heavy (non-hydrogen) atoms. The number of aliphatic carboxylic acids is 1. The van der Waals surface area contributed by atoms with Crippen LogP contribution in [0.5, 0.6) is 0 Å². The van der Waals surface area contributed by atoms with E-state index in [1.807, 2.05) is 0 Å². The number of aromatic amines is 1. The number of fused-ring (bicyclic) bond motifs is 2. The van der Waals surface area contributed by atoms with Gasteiger partial charge in [0.25, 0.3) is 5.91 Å². The van der Waals surface area contributed by atoms with E-state index in [2.05, 4.69) is 25.4 Å². The van der Waals surface area contributed by atoms with Gasteiger partial charge in [-0.25, -0.2) is 28.5 Å². The third kappa shape index (κ3) is 6.15. The zero-order valence-electron chi connectivity index (χ0n) is 20.3. The number of carbonyl (C=O) groups is 2. The number of amides is 1. The van der Waals surface area contributed by atoms with Crippen LogP contribution in [-0.4, -0.2) is 69.0 Å². The van der Waals surface area contributed by atoms with Crippen LogP contribution in [-0.2, 0) is 30.5 Å². The van der Waals surface area contributed by atoms with E-state index in [9.17, 15) is 40.3 Å². The third-order valence-electron chi connectivity index (χ3n) is 5.70. The molecule has 0 spiro atoms. The summed E-state index contributed by atoms with van der Waals surface area (Å²) in [6.45, 7) is -0.548. The van der Waals surface area contributed by atoms with Crippen LogP contribution in [0, 0.1) is 5.82 Å². The van der Waals surface area contributed by atoms with Gasteiger partial charge in [0.05, 0.1) is 12.1 Å². The van der Waals surface area contributed by atoms with E-state index < -0.39 is 41.6 Å². The molecule has 4 heterocycles. The Kier molecular flexibility index (Phi) is 8.18. The lowest BCUT2D eigenvalue weighted by Gasteiger charge is -2.28. The fraction of sp³-hybridized carbons (Fsp3) is 0.286. The number of carboxylic acid groups (broad SMARTS) is 1. The number of nitrogens with one attached hydrogen (secondary N) is 1. The predicted molar refractivity (Wildman–Crippen MR) is 126 cm³/mol. The number of rotatable bonds is 3. The molecule has 3 aromatic heterocycles. The zero-order chi connectivity index (χ0) is 31.1. The second-order valence-electron chi connectivity index (χ2n) is 8.44. The predicted octanol–water partition coefficient (Wildman–Crippen LogP) is 3.35. The lowest BCUT2D eigenvalue weighted by atomic mass is 10.0. The zero-order valence-corrected chi connectivity index (χ0v) is 21.8. The van der Waals surface area contributed by atoms with Crippen LogP contribution in [0.2, 0.25) is 10.3 Å². The normalized spacial score (nSPS) is 13.5. The molecule has 0 aliphatic carbocycles. The highest BCUT2D eigenvalue weighted by Gasteiger charge is 2.40. The highest BCUT2D eigenvalue weighted by Crippen LogP contribution is 2.30. The lowest BCUT2D eigenvalue weighted by Crippen LogP contribution is -2.39. The number of carbonyl (C=O) groups excluding carboxylic acids is 1. The Labute approximate surface area is 237 Å². The van der Waals surface area contributed by atoms with Crippen LogP contribution in [0.25, 0.3) is 5.65 Å². The average molecular weight is 645 g/mol. The maximum absolute atomic E-state index is 14.6. The molecule has 0 fully saturated rings. The van der Waals surface area contributed by atoms with Crippen molar-refractivity contribution in [2.75, 3.05) is 6.54 Å². The summed E-state index contributed by atoms with van der Waals surface area (Å²) in [7, 11) is 0. The maximum atomic E-state index is 14.6. The van der Waals surface area contributed by atoms with Gasteiger partial charge in [-0.1, -0.05) is 29.3 Å². The third-order valence-corrected chi connectivity index (χ3v) is 6.41. The number of halogens is 9. The van der Waals surface area contributed by atoms with Crippen LogP contribution < -0.4 is 5.69 Å². The van der Waals surface area contributed by atoms with Crippen molar-refractivity contribution in [2.45, 2.75) is 31.9 Å². The number of nitrogens with zero attached hydrogens (tertiary/aromatic N) is 7. The fourth-order valence-electron chi connectivity index (χ4n) is 3.84. The monoisotopic (exact) mass is 644 g/mol. The molecule has 0 radical (unpaired) electrons. The minimum Gasteiger partial charge on any atom is -0.475 e. The molecule has 0 unspecified atom stereocenters. The van der Waals surface area contributed by atoms with Gasteiger partial charge in [0.15, 0.2) is 21.8 Å². The smallest absolute Gasteiger partial charge is 0.475 e. The quantitative estimate of drug-likeness (QED) is 0.322. The van der Waals surface area contributed by atoms with Crippen molar-refractivity contribution in [3.05, 3.63) is 73.3 Å². The summed E-state index contributed by atoms with van der Waals surface area (Å²) in [6.07, 6.45) is -9.73. The van der Waals surface area contributed by atoms with Crippen LogP contribution in [0.1, 0.15) is 33.3 Å². The summed E-state index contributed by atoms with van der Waals surface area (Å²) >= 11 is 11.9. The molecule has 1 aliphatic rings. The first-order chi connectivity index (χ1) is 19.5. The number of alkyl halides is 6. The molecule has 224 valence electrons. The van der Waals surface area contributed by atoms with Crippen molar-refractivity contribution in [1.29, 1.82) is 0 Å². The van der Waals surface area contributed by atoms with Gasteiger partial charge in [-0.2, -0.15) is 31.4 Å². The van der Waals surface area contributed by atoms with Gasteiger partial charge in [0.1, 0.15) is 11.5 Å². The Morgan fingerprint density at radius 2 is 1.74 bits per heavy atom. The van der Waals surface area contributed by atoms with Crippen molar-refractivity contribution < 1.29 is 45.4 Å². The summed E-state index contributed by atoms with van der Waals surface area (Å²) in [4.78, 5) is 39.2. The molecular formula is C21H13Cl2F7N8O4. The first-order valence-corrected chi connectivity index (χ1v) is 11.9. The van der Waals surface area contributed by atoms with E-state index in [-0.39, 0.29) is 59.1 Å². The number of hydrogen-bond donors (Lipinski definition) is 2. The van der Waals surface area contributed by atoms with Gasteiger partial charge in [-0.3, -0.25) is 4.79 Å². The summed E-state index contributed by atoms with van der Waals surface area (Å²) in [5.74, 6) is -5.49. The Hall–Kier alpha value is -4.26. The van der Waals surface area contributed by atoms with E-state index >= 15 is 0 Å². The number of aromatic nitrogens is 7. The molecule has 0 saturated carbocycles. The molecule has 0 bridgehead atoms. The molecule has 4 aromatic rings. The molecule has 1 aromatic carbocycles. The summed E-state index contributed by atoms with van der Waals surface area (Å²) in [5.41, 5.74) is -0.141. The highest BCUT2D eigenvalue weighted by molar-refractivity contribution is 6.40. The van der Waals surface area contributed by atoms with Gasteiger partial charge in [-0.15, -0.1) is 10.2 Å². The van der Waals surface area contributed by atoms with Crippen LogP contribution in [0.4, 0.5) is 30.7 Å². The number of carboxylic acids is 1. The second-order valence-corrected chi connectivity index (χ2v) is 9.15. The second kappa shape index (κ2) is 11.2. The minimum absolute atomic E-state index is 0.0355. The Balaban J connectivity index is 0.000000517. The summed E-state index contributed by atoms with van der Waals surface area (Å²) in [5, 5.41) is 19.8. The maximum Gasteiger partial charge on any atom is 0.490 e. The summed E-state index contributed by atoms with van der Waals surface area (Å²) in [6, 6.07) is 3.81. The minimum atomic E-state index is -5.08. The van der Waals surface area contributed by atoms with Gasteiger partial charge in [-0.05, 0) is 17.7 Å². The first-order valence-electron chi connectivity index (χ1n) is 11.2. The molecule has 2 N–H and O–H groups in total. The standard InChI is InChI=1S/C19H12Cl2F4N8O2.C2HF3O2/c20-13-14(21)33-15(26-13)11(27-30-18(33)35)6-8-1-2-10(22)9(5-8)16(34)31-3-4-32-12(7-31)28-29-17(32)19(23,24)25;3-2(4,5)1(6)7/h1-2,5H,3-4,6-7H2,(H,30,35);(H,6,7). The Bertz CT molecular complexity index is 1750. The molecular weight excluding hydrogens is 632 g/mol. The molecule has 21 heteroatoms. The SMILES string of the molecule is O=C(O)C(F)(F)F.O=C(c1cc(Cc2n[nH]c(=O)n3c(Cl)c(Cl)nc23)ccc1F)N1CCn2c(nnc2C(F)(F)F)C1. The van der Waals surface area contributed by atoms with Gasteiger partial charge in [0.2, 0.25) is 5.82 Å². The Morgan fingerprint density at radius 1 is 1.07 bits per heavy atom. The number of hydrogen-bond acceptors (Lipinski definition) is 7. The van der Waals surface area contributed by atoms with Crippen LogP contribution in [0.15, 0.2) is 23.0 Å². The van der Waals surface area contributed by atoms with Gasteiger partial charge in [0, 0.05) is 19.5 Å². The van der Waals surface area contributed by atoms with Crippen molar-refractivity contribution >= 4 is 40.7 Å². The van der Waals surface area contributed by atoms with E-state index in [0.717, 1.165) is 15.0 Å². The van der Waals surface area contributed by atoms with E-state index in [0.29, 0.717) is 5.56 Å². The lowest BCUT2D eigenvalue weighted by molar-refractivity contribution is -0.192. The molecule has 1 aliphatic heterocycles. The number of H-pyrrole nitrogens is 1. The van der Waals surface area contributed by atoms with E-state index in [4.69, 9.17) is 33.1 Å². The number of imidazole rings is 1. The van der Waals surface area contributed by atoms with Crippen molar-refractivity contribution in [1.82, 2.24) is 39.2 Å². The molecule has 0 atom stereocenters. The fourth-order valence-corrected chi connectivity index (χ4v) is 4.20. The Morgan fingerprint density at radius 3 is 2.36 bits per heavy atom.